The predicted octanol–water partition coefficient (Wildman–Crippen LogP) is 4.27. The molecule has 0 saturated carbocycles. The van der Waals surface area contributed by atoms with Crippen molar-refractivity contribution in [3.05, 3.63) is 76.7 Å². The number of thiophene rings is 1. The molecule has 5 rings (SSSR count). The summed E-state index contributed by atoms with van der Waals surface area (Å²) in [5.74, 6) is 0.812. The van der Waals surface area contributed by atoms with E-state index in [2.05, 4.69) is 54.4 Å². The number of aromatic nitrogens is 2. The van der Waals surface area contributed by atoms with Gasteiger partial charge in [-0.05, 0) is 42.1 Å². The third kappa shape index (κ3) is 3.27. The SMILES string of the molecule is Cc1ccc(-c2cc3ccc(OC[C@@H]4Cn5ccc(=O)nc5O4)cc3s2)cc1. The van der Waals surface area contributed by atoms with Crippen LogP contribution in [0.25, 0.3) is 20.5 Å². The van der Waals surface area contributed by atoms with Crippen molar-refractivity contribution in [3.8, 4) is 22.2 Å². The first-order chi connectivity index (χ1) is 13.6. The summed E-state index contributed by atoms with van der Waals surface area (Å²) < 4.78 is 14.7. The fraction of sp³-hybridized carbons (Fsp3) is 0.182. The summed E-state index contributed by atoms with van der Waals surface area (Å²) in [7, 11) is 0. The van der Waals surface area contributed by atoms with Gasteiger partial charge in [0.05, 0.1) is 6.54 Å². The number of nitrogens with zero attached hydrogens (tertiary/aromatic N) is 2. The zero-order valence-corrected chi connectivity index (χ0v) is 16.1. The number of benzene rings is 2. The maximum Gasteiger partial charge on any atom is 0.300 e. The van der Waals surface area contributed by atoms with Crippen molar-refractivity contribution in [1.29, 1.82) is 0 Å². The molecule has 0 N–H and O–H groups in total. The molecule has 0 aliphatic carbocycles. The summed E-state index contributed by atoms with van der Waals surface area (Å²) >= 11 is 1.76. The fourth-order valence-electron chi connectivity index (χ4n) is 3.29. The van der Waals surface area contributed by atoms with E-state index in [1.165, 1.54) is 32.2 Å². The van der Waals surface area contributed by atoms with E-state index in [1.54, 1.807) is 17.5 Å². The molecule has 6 heteroatoms. The average Bonchev–Trinajstić information content (AvgIpc) is 3.29. The lowest BCUT2D eigenvalue weighted by molar-refractivity contribution is 0.144. The molecule has 0 fully saturated rings. The molecule has 140 valence electrons. The maximum absolute atomic E-state index is 11.3. The third-order valence-corrected chi connectivity index (χ3v) is 5.93. The Labute approximate surface area is 165 Å². The van der Waals surface area contributed by atoms with Crippen molar-refractivity contribution >= 4 is 21.4 Å². The Bertz CT molecular complexity index is 1210. The number of hydrogen-bond acceptors (Lipinski definition) is 5. The molecule has 1 aliphatic rings. The van der Waals surface area contributed by atoms with E-state index in [9.17, 15) is 4.79 Å². The quantitative estimate of drug-likeness (QED) is 0.522. The van der Waals surface area contributed by atoms with E-state index >= 15 is 0 Å². The lowest BCUT2D eigenvalue weighted by atomic mass is 10.1. The molecule has 2 aromatic carbocycles. The lowest BCUT2D eigenvalue weighted by Gasteiger charge is -2.11. The molecule has 0 spiro atoms. The highest BCUT2D eigenvalue weighted by atomic mass is 32.1. The van der Waals surface area contributed by atoms with Crippen LogP contribution in [0.2, 0.25) is 0 Å². The minimum absolute atomic E-state index is 0.156. The highest BCUT2D eigenvalue weighted by Gasteiger charge is 2.23. The molecule has 4 aromatic rings. The molecule has 1 aliphatic heterocycles. The highest BCUT2D eigenvalue weighted by Crippen LogP contribution is 2.35. The Morgan fingerprint density at radius 1 is 1.18 bits per heavy atom. The van der Waals surface area contributed by atoms with Gasteiger partial charge in [0.2, 0.25) is 0 Å². The van der Waals surface area contributed by atoms with Crippen LogP contribution in [0.4, 0.5) is 0 Å². The Morgan fingerprint density at radius 2 is 2.04 bits per heavy atom. The van der Waals surface area contributed by atoms with E-state index in [-0.39, 0.29) is 11.7 Å². The first-order valence-electron chi connectivity index (χ1n) is 9.12. The van der Waals surface area contributed by atoms with Crippen molar-refractivity contribution in [1.82, 2.24) is 9.55 Å². The molecule has 0 amide bonds. The van der Waals surface area contributed by atoms with Crippen molar-refractivity contribution in [2.75, 3.05) is 6.61 Å². The van der Waals surface area contributed by atoms with Crippen molar-refractivity contribution in [3.63, 3.8) is 0 Å². The van der Waals surface area contributed by atoms with Gasteiger partial charge in [-0.1, -0.05) is 29.8 Å². The number of rotatable bonds is 4. The highest BCUT2D eigenvalue weighted by molar-refractivity contribution is 7.22. The molecule has 5 nitrogen and oxygen atoms in total. The Hall–Kier alpha value is -3.12. The van der Waals surface area contributed by atoms with Gasteiger partial charge >= 0.3 is 0 Å². The molecule has 2 aromatic heterocycles. The van der Waals surface area contributed by atoms with Crippen LogP contribution in [0.5, 0.6) is 11.8 Å². The molecule has 0 radical (unpaired) electrons. The van der Waals surface area contributed by atoms with Crippen LogP contribution in [0.3, 0.4) is 0 Å². The second-order valence-corrected chi connectivity index (χ2v) is 8.01. The first kappa shape index (κ1) is 17.0. The molecule has 1 atom stereocenters. The average molecular weight is 390 g/mol. The topological polar surface area (TPSA) is 53.4 Å². The number of aryl methyl sites for hydroxylation is 1. The molecular formula is C22H18N2O3S. The van der Waals surface area contributed by atoms with Crippen LogP contribution in [-0.4, -0.2) is 22.3 Å². The predicted molar refractivity (Wildman–Crippen MR) is 110 cm³/mol. The molecular weight excluding hydrogens is 372 g/mol. The Kier molecular flexibility index (Phi) is 4.13. The normalized spacial score (nSPS) is 15.4. The monoisotopic (exact) mass is 390 g/mol. The second-order valence-electron chi connectivity index (χ2n) is 6.93. The fourth-order valence-corrected chi connectivity index (χ4v) is 4.39. The van der Waals surface area contributed by atoms with Gasteiger partial charge in [0, 0.05) is 21.8 Å². The van der Waals surface area contributed by atoms with Crippen LogP contribution in [0.1, 0.15) is 5.56 Å². The van der Waals surface area contributed by atoms with Gasteiger partial charge in [-0.25, -0.2) is 0 Å². The van der Waals surface area contributed by atoms with Gasteiger partial charge < -0.3 is 9.47 Å². The van der Waals surface area contributed by atoms with Gasteiger partial charge in [0.25, 0.3) is 11.6 Å². The van der Waals surface area contributed by atoms with E-state index < -0.39 is 0 Å². The molecule has 0 saturated heterocycles. The number of hydrogen-bond donors (Lipinski definition) is 0. The van der Waals surface area contributed by atoms with Gasteiger partial charge in [0.1, 0.15) is 12.4 Å². The first-order valence-corrected chi connectivity index (χ1v) is 9.93. The largest absolute Gasteiger partial charge is 0.490 e. The summed E-state index contributed by atoms with van der Waals surface area (Å²) in [4.78, 5) is 16.4. The van der Waals surface area contributed by atoms with Crippen LogP contribution in [-0.2, 0) is 6.54 Å². The number of ether oxygens (including phenoxy) is 2. The van der Waals surface area contributed by atoms with Crippen LogP contribution in [0, 0.1) is 6.92 Å². The van der Waals surface area contributed by atoms with Crippen LogP contribution < -0.4 is 15.0 Å². The van der Waals surface area contributed by atoms with E-state index in [0.29, 0.717) is 19.2 Å². The summed E-state index contributed by atoms with van der Waals surface area (Å²) in [5.41, 5.74) is 2.20. The van der Waals surface area contributed by atoms with Crippen LogP contribution >= 0.6 is 11.3 Å². The van der Waals surface area contributed by atoms with Crippen molar-refractivity contribution < 1.29 is 9.47 Å². The number of fused-ring (bicyclic) bond motifs is 2. The Balaban J connectivity index is 1.30. The lowest BCUT2D eigenvalue weighted by Crippen LogP contribution is -2.23. The maximum atomic E-state index is 11.3. The molecule has 3 heterocycles. The standard InChI is InChI=1S/C22H18N2O3S/c1-14-2-4-15(5-3-14)19-10-16-6-7-17(11-20(16)28-19)26-13-18-12-24-9-8-21(25)23-22(24)27-18/h2-11,18H,12-13H2,1H3/t18-/m0/s1. The van der Waals surface area contributed by atoms with Gasteiger partial charge in [-0.15, -0.1) is 11.3 Å². The second kappa shape index (κ2) is 6.80. The third-order valence-electron chi connectivity index (χ3n) is 4.78. The van der Waals surface area contributed by atoms with E-state index in [0.717, 1.165) is 5.75 Å². The van der Waals surface area contributed by atoms with Gasteiger partial charge in [0.15, 0.2) is 6.10 Å². The smallest absolute Gasteiger partial charge is 0.300 e. The Morgan fingerprint density at radius 3 is 2.89 bits per heavy atom. The van der Waals surface area contributed by atoms with Crippen molar-refractivity contribution in [2.45, 2.75) is 19.6 Å². The molecule has 28 heavy (non-hydrogen) atoms. The molecule has 0 bridgehead atoms. The minimum atomic E-state index is -0.291. The van der Waals surface area contributed by atoms with E-state index in [4.69, 9.17) is 9.47 Å². The minimum Gasteiger partial charge on any atom is -0.490 e. The summed E-state index contributed by atoms with van der Waals surface area (Å²) in [6.07, 6.45) is 1.55. The zero-order valence-electron chi connectivity index (χ0n) is 15.3. The van der Waals surface area contributed by atoms with E-state index in [1.807, 2.05) is 10.6 Å². The van der Waals surface area contributed by atoms with Gasteiger partial charge in [-0.2, -0.15) is 4.98 Å². The summed E-state index contributed by atoms with van der Waals surface area (Å²) in [6, 6.07) is 18.7. The summed E-state index contributed by atoms with van der Waals surface area (Å²) in [5, 5.41) is 1.21. The van der Waals surface area contributed by atoms with Crippen molar-refractivity contribution in [2.24, 2.45) is 0 Å². The van der Waals surface area contributed by atoms with Gasteiger partial charge in [-0.3, -0.25) is 9.36 Å². The van der Waals surface area contributed by atoms with Crippen LogP contribution in [0.15, 0.2) is 65.6 Å². The summed E-state index contributed by atoms with van der Waals surface area (Å²) in [6.45, 7) is 3.12. The molecule has 0 unspecified atom stereocenters. The zero-order chi connectivity index (χ0) is 19.1.